The second-order valence-corrected chi connectivity index (χ2v) is 5.37. The van der Waals surface area contributed by atoms with Gasteiger partial charge in [0.2, 0.25) is 0 Å². The molecule has 0 aliphatic heterocycles. The van der Waals surface area contributed by atoms with E-state index in [4.69, 9.17) is 10.8 Å². The summed E-state index contributed by atoms with van der Waals surface area (Å²) < 4.78 is 1.85. The van der Waals surface area contributed by atoms with Crippen LogP contribution in [0.25, 0.3) is 16.9 Å². The number of hydrogen-bond acceptors (Lipinski definition) is 4. The van der Waals surface area contributed by atoms with Gasteiger partial charge in [-0.2, -0.15) is 9.61 Å². The third-order valence-electron chi connectivity index (χ3n) is 3.64. The van der Waals surface area contributed by atoms with Gasteiger partial charge >= 0.3 is 0 Å². The van der Waals surface area contributed by atoms with E-state index < -0.39 is 0 Å². The Morgan fingerprint density at radius 1 is 1.18 bits per heavy atom. The van der Waals surface area contributed by atoms with E-state index in [2.05, 4.69) is 48.4 Å². The average Bonchev–Trinajstić information content (AvgIpc) is 2.97. The van der Waals surface area contributed by atoms with Crippen molar-refractivity contribution >= 4 is 11.5 Å². The van der Waals surface area contributed by atoms with Crippen molar-refractivity contribution in [3.63, 3.8) is 0 Å². The van der Waals surface area contributed by atoms with Crippen LogP contribution in [-0.2, 0) is 6.42 Å². The Labute approximate surface area is 130 Å². The summed E-state index contributed by atoms with van der Waals surface area (Å²) in [5.74, 6) is 0.936. The van der Waals surface area contributed by atoms with Crippen LogP contribution in [0, 0.1) is 6.92 Å². The Morgan fingerprint density at radius 3 is 2.64 bits per heavy atom. The molecule has 0 bridgehead atoms. The van der Waals surface area contributed by atoms with Crippen molar-refractivity contribution in [2.75, 3.05) is 18.4 Å². The Kier molecular flexibility index (Phi) is 4.06. The zero-order valence-electron chi connectivity index (χ0n) is 13.0. The second-order valence-electron chi connectivity index (χ2n) is 5.37. The van der Waals surface area contributed by atoms with Crippen molar-refractivity contribution in [3.8, 4) is 11.3 Å². The molecule has 3 aromatic rings. The maximum absolute atomic E-state index is 5.59. The minimum absolute atomic E-state index is 0.581. The molecular weight excluding hydrogens is 274 g/mol. The molecular formula is C17H21N5. The fourth-order valence-electron chi connectivity index (χ4n) is 2.40. The van der Waals surface area contributed by atoms with Crippen molar-refractivity contribution in [3.05, 3.63) is 47.7 Å². The predicted molar refractivity (Wildman–Crippen MR) is 90.1 cm³/mol. The molecule has 5 heteroatoms. The third-order valence-corrected chi connectivity index (χ3v) is 3.64. The van der Waals surface area contributed by atoms with Crippen LogP contribution in [0.2, 0.25) is 0 Å². The number of anilines is 1. The number of rotatable bonds is 5. The molecule has 2 heterocycles. The van der Waals surface area contributed by atoms with Crippen molar-refractivity contribution < 1.29 is 0 Å². The number of nitrogens with one attached hydrogen (secondary N) is 1. The molecule has 0 saturated heterocycles. The Morgan fingerprint density at radius 2 is 1.95 bits per heavy atom. The first-order valence-electron chi connectivity index (χ1n) is 7.62. The smallest absolute Gasteiger partial charge is 0.158 e. The molecule has 0 aliphatic carbocycles. The van der Waals surface area contributed by atoms with Gasteiger partial charge in [-0.1, -0.05) is 36.8 Å². The van der Waals surface area contributed by atoms with Gasteiger partial charge in [-0.3, -0.25) is 0 Å². The predicted octanol–water partition coefficient (Wildman–Crippen LogP) is 2.64. The average molecular weight is 295 g/mol. The van der Waals surface area contributed by atoms with Crippen LogP contribution >= 0.6 is 0 Å². The molecule has 0 fully saturated rings. The number of hydrogen-bond donors (Lipinski definition) is 2. The van der Waals surface area contributed by atoms with Crippen LogP contribution in [0.3, 0.4) is 0 Å². The van der Waals surface area contributed by atoms with Crippen molar-refractivity contribution in [1.82, 2.24) is 14.6 Å². The van der Waals surface area contributed by atoms with Gasteiger partial charge in [0.1, 0.15) is 5.82 Å². The molecule has 0 spiro atoms. The monoisotopic (exact) mass is 295 g/mol. The Hall–Kier alpha value is -2.40. The molecule has 2 aromatic heterocycles. The van der Waals surface area contributed by atoms with Gasteiger partial charge in [0.05, 0.1) is 5.69 Å². The number of nitrogens with zero attached hydrogens (tertiary/aromatic N) is 3. The number of aromatic nitrogens is 3. The lowest BCUT2D eigenvalue weighted by molar-refractivity contribution is 0.898. The number of aryl methyl sites for hydroxylation is 2. The fraction of sp³-hybridized carbons (Fsp3) is 0.294. The zero-order chi connectivity index (χ0) is 15.5. The highest BCUT2D eigenvalue weighted by Crippen LogP contribution is 2.22. The first kappa shape index (κ1) is 14.5. The van der Waals surface area contributed by atoms with Crippen LogP contribution in [0.4, 0.5) is 5.82 Å². The van der Waals surface area contributed by atoms with Crippen LogP contribution in [-0.4, -0.2) is 27.7 Å². The highest BCUT2D eigenvalue weighted by atomic mass is 15.3. The summed E-state index contributed by atoms with van der Waals surface area (Å²) in [6.45, 7) is 5.47. The Bertz CT molecular complexity index is 774. The molecule has 0 radical (unpaired) electrons. The van der Waals surface area contributed by atoms with Gasteiger partial charge in [-0.05, 0) is 13.3 Å². The van der Waals surface area contributed by atoms with Gasteiger partial charge < -0.3 is 11.1 Å². The normalized spacial score (nSPS) is 11.0. The topological polar surface area (TPSA) is 68.2 Å². The number of fused-ring (bicyclic) bond motifs is 1. The minimum Gasteiger partial charge on any atom is -0.369 e. The molecule has 5 nitrogen and oxygen atoms in total. The second kappa shape index (κ2) is 6.15. The summed E-state index contributed by atoms with van der Waals surface area (Å²) >= 11 is 0. The molecule has 3 N–H and O–H groups in total. The maximum atomic E-state index is 5.59. The lowest BCUT2D eigenvalue weighted by Crippen LogP contribution is -2.16. The highest BCUT2D eigenvalue weighted by Gasteiger charge is 2.10. The summed E-state index contributed by atoms with van der Waals surface area (Å²) in [6, 6.07) is 12.4. The van der Waals surface area contributed by atoms with Crippen LogP contribution < -0.4 is 11.1 Å². The van der Waals surface area contributed by atoms with Crippen LogP contribution in [0.1, 0.15) is 18.2 Å². The van der Waals surface area contributed by atoms with E-state index >= 15 is 0 Å². The van der Waals surface area contributed by atoms with Crippen molar-refractivity contribution in [2.45, 2.75) is 20.3 Å². The first-order valence-corrected chi connectivity index (χ1v) is 7.62. The van der Waals surface area contributed by atoms with Crippen LogP contribution in [0.5, 0.6) is 0 Å². The highest BCUT2D eigenvalue weighted by molar-refractivity contribution is 5.66. The quantitative estimate of drug-likeness (QED) is 0.759. The van der Waals surface area contributed by atoms with E-state index in [1.54, 1.807) is 0 Å². The molecule has 0 unspecified atom stereocenters. The van der Waals surface area contributed by atoms with Gasteiger partial charge in [-0.15, -0.1) is 0 Å². The van der Waals surface area contributed by atoms with Gasteiger partial charge in [0.25, 0.3) is 0 Å². The number of nitrogens with two attached hydrogens (primary N) is 1. The lowest BCUT2D eigenvalue weighted by atomic mass is 10.1. The lowest BCUT2D eigenvalue weighted by Gasteiger charge is -2.08. The van der Waals surface area contributed by atoms with Crippen LogP contribution in [0.15, 0.2) is 36.4 Å². The number of benzene rings is 1. The maximum Gasteiger partial charge on any atom is 0.158 e. The first-order chi connectivity index (χ1) is 10.7. The van der Waals surface area contributed by atoms with Gasteiger partial charge in [0.15, 0.2) is 5.65 Å². The summed E-state index contributed by atoms with van der Waals surface area (Å²) in [5, 5.41) is 8.01. The van der Waals surface area contributed by atoms with E-state index in [0.29, 0.717) is 13.1 Å². The summed E-state index contributed by atoms with van der Waals surface area (Å²) in [4.78, 5) is 4.66. The summed E-state index contributed by atoms with van der Waals surface area (Å²) in [5.41, 5.74) is 10.8. The fourth-order valence-corrected chi connectivity index (χ4v) is 2.40. The molecule has 1 aromatic carbocycles. The molecule has 3 rings (SSSR count). The van der Waals surface area contributed by atoms with E-state index in [1.807, 2.05) is 16.6 Å². The minimum atomic E-state index is 0.581. The molecule has 0 amide bonds. The van der Waals surface area contributed by atoms with E-state index in [0.717, 1.165) is 34.8 Å². The SMILES string of the molecule is CCc1cc(NCCN)n2nc(-c3ccc(C)cc3)cc2n1. The van der Waals surface area contributed by atoms with Crippen molar-refractivity contribution in [2.24, 2.45) is 5.73 Å². The van der Waals surface area contributed by atoms with Crippen molar-refractivity contribution in [1.29, 1.82) is 0 Å². The molecule has 114 valence electrons. The van der Waals surface area contributed by atoms with Gasteiger partial charge in [0, 0.05) is 36.5 Å². The standard InChI is InChI=1S/C17H21N5/c1-3-14-10-16(19-9-8-18)22-17(20-14)11-15(21-22)13-6-4-12(2)5-7-13/h4-7,10-11,19H,3,8-9,18H2,1-2H3. The molecule has 0 atom stereocenters. The Balaban J connectivity index is 2.09. The van der Waals surface area contributed by atoms with E-state index in [1.165, 1.54) is 5.56 Å². The zero-order valence-corrected chi connectivity index (χ0v) is 13.0. The summed E-state index contributed by atoms with van der Waals surface area (Å²) in [7, 11) is 0. The molecule has 0 aliphatic rings. The third kappa shape index (κ3) is 2.80. The molecule has 22 heavy (non-hydrogen) atoms. The molecule has 0 saturated carbocycles. The largest absolute Gasteiger partial charge is 0.369 e. The van der Waals surface area contributed by atoms with Gasteiger partial charge in [-0.25, -0.2) is 4.98 Å². The summed E-state index contributed by atoms with van der Waals surface area (Å²) in [6.07, 6.45) is 0.888. The van der Waals surface area contributed by atoms with E-state index in [9.17, 15) is 0 Å². The van der Waals surface area contributed by atoms with E-state index in [-0.39, 0.29) is 0 Å².